The summed E-state index contributed by atoms with van der Waals surface area (Å²) in [5.74, 6) is 0.522. The van der Waals surface area contributed by atoms with E-state index in [1.54, 1.807) is 29.2 Å². The first-order valence-corrected chi connectivity index (χ1v) is 12.4. The summed E-state index contributed by atoms with van der Waals surface area (Å²) >= 11 is 0. The third-order valence-corrected chi connectivity index (χ3v) is 6.86. The van der Waals surface area contributed by atoms with Crippen LogP contribution in [-0.4, -0.2) is 69.1 Å². The smallest absolute Gasteiger partial charge is 0.253 e. The lowest BCUT2D eigenvalue weighted by Crippen LogP contribution is -2.56. The Labute approximate surface area is 211 Å². The molecular weight excluding hydrogens is 460 g/mol. The molecule has 2 heterocycles. The van der Waals surface area contributed by atoms with Crippen LogP contribution in [0.3, 0.4) is 0 Å². The van der Waals surface area contributed by atoms with Crippen molar-refractivity contribution in [2.45, 2.75) is 39.2 Å². The maximum absolute atomic E-state index is 13.6. The molecule has 1 N–H and O–H groups in total. The minimum absolute atomic E-state index is 0.0936. The van der Waals surface area contributed by atoms with Crippen LogP contribution in [0, 0.1) is 0 Å². The van der Waals surface area contributed by atoms with Gasteiger partial charge in [0, 0.05) is 49.1 Å². The molecule has 0 bridgehead atoms. The monoisotopic (exact) mass is 494 g/mol. The number of benzene rings is 2. The Balaban J connectivity index is 1.66. The molecule has 4 rings (SSSR count). The Morgan fingerprint density at radius 3 is 2.33 bits per heavy atom. The van der Waals surface area contributed by atoms with Crippen LogP contribution in [0.2, 0.25) is 0 Å². The van der Waals surface area contributed by atoms with Gasteiger partial charge in [-0.05, 0) is 51.3 Å². The number of fused-ring (bicyclic) bond motifs is 3. The van der Waals surface area contributed by atoms with Gasteiger partial charge in [-0.3, -0.25) is 19.3 Å². The number of carbonyl (C=O) groups excluding carboxylic acids is 3. The average molecular weight is 495 g/mol. The summed E-state index contributed by atoms with van der Waals surface area (Å²) < 4.78 is 10.6. The van der Waals surface area contributed by atoms with Gasteiger partial charge < -0.3 is 24.6 Å². The van der Waals surface area contributed by atoms with Crippen molar-refractivity contribution in [1.82, 2.24) is 4.90 Å². The third-order valence-electron chi connectivity index (χ3n) is 6.86. The molecule has 2 aliphatic rings. The number of nitrogens with one attached hydrogen (secondary N) is 1. The number of hydrogen-bond donors (Lipinski definition) is 1. The van der Waals surface area contributed by atoms with Gasteiger partial charge in [0.05, 0.1) is 25.6 Å². The van der Waals surface area contributed by atoms with E-state index in [1.807, 2.05) is 26.0 Å². The van der Waals surface area contributed by atoms with E-state index in [2.05, 4.69) is 10.2 Å². The molecule has 1 fully saturated rings. The van der Waals surface area contributed by atoms with Crippen LogP contribution in [0.25, 0.3) is 0 Å². The number of amides is 3. The van der Waals surface area contributed by atoms with E-state index >= 15 is 0 Å². The lowest BCUT2D eigenvalue weighted by Gasteiger charge is -2.45. The minimum atomic E-state index is -0.352. The van der Waals surface area contributed by atoms with Gasteiger partial charge in [-0.2, -0.15) is 0 Å². The molecular formula is C27H34N4O5. The van der Waals surface area contributed by atoms with Crippen LogP contribution < -0.4 is 24.6 Å². The molecule has 0 aliphatic carbocycles. The second-order valence-corrected chi connectivity index (χ2v) is 8.96. The molecule has 2 aromatic carbocycles. The molecule has 3 amide bonds. The highest BCUT2D eigenvalue weighted by Gasteiger charge is 2.40. The molecule has 9 heteroatoms. The Morgan fingerprint density at radius 2 is 1.69 bits per heavy atom. The predicted molar refractivity (Wildman–Crippen MR) is 139 cm³/mol. The van der Waals surface area contributed by atoms with Crippen LogP contribution in [0.1, 0.15) is 43.5 Å². The number of anilines is 3. The van der Waals surface area contributed by atoms with Crippen molar-refractivity contribution in [3.63, 3.8) is 0 Å². The Morgan fingerprint density at radius 1 is 1.00 bits per heavy atom. The van der Waals surface area contributed by atoms with Gasteiger partial charge in [-0.15, -0.1) is 0 Å². The van der Waals surface area contributed by atoms with Gasteiger partial charge in [0.2, 0.25) is 11.8 Å². The van der Waals surface area contributed by atoms with Gasteiger partial charge in [0.25, 0.3) is 5.91 Å². The van der Waals surface area contributed by atoms with Gasteiger partial charge in [-0.1, -0.05) is 0 Å². The Bertz CT molecular complexity index is 1120. The largest absolute Gasteiger partial charge is 0.497 e. The molecule has 9 nitrogen and oxygen atoms in total. The Hall–Kier alpha value is -3.75. The fraction of sp³-hybridized carbons (Fsp3) is 0.444. The van der Waals surface area contributed by atoms with Gasteiger partial charge in [0.1, 0.15) is 24.1 Å². The molecule has 0 spiro atoms. The molecule has 0 radical (unpaired) electrons. The number of nitrogens with zero attached hydrogens (tertiary/aromatic N) is 3. The molecule has 192 valence electrons. The van der Waals surface area contributed by atoms with Crippen molar-refractivity contribution < 1.29 is 23.9 Å². The van der Waals surface area contributed by atoms with E-state index < -0.39 is 0 Å². The molecule has 0 aromatic heterocycles. The molecule has 1 saturated heterocycles. The number of hydrogen-bond acceptors (Lipinski definition) is 6. The quantitative estimate of drug-likeness (QED) is 0.604. The van der Waals surface area contributed by atoms with Crippen LogP contribution in [0.4, 0.5) is 17.1 Å². The van der Waals surface area contributed by atoms with Crippen molar-refractivity contribution in [3.8, 4) is 11.5 Å². The lowest BCUT2D eigenvalue weighted by atomic mass is 9.95. The van der Waals surface area contributed by atoms with Crippen molar-refractivity contribution in [3.05, 3.63) is 42.0 Å². The van der Waals surface area contributed by atoms with Gasteiger partial charge in [-0.25, -0.2) is 0 Å². The van der Waals surface area contributed by atoms with E-state index in [-0.39, 0.29) is 30.3 Å². The highest BCUT2D eigenvalue weighted by Crippen LogP contribution is 2.40. The van der Waals surface area contributed by atoms with E-state index in [4.69, 9.17) is 9.47 Å². The zero-order chi connectivity index (χ0) is 25.8. The summed E-state index contributed by atoms with van der Waals surface area (Å²) in [5.41, 5.74) is 2.48. The summed E-state index contributed by atoms with van der Waals surface area (Å²) in [6.45, 7) is 5.66. The molecule has 0 saturated carbocycles. The fourth-order valence-corrected chi connectivity index (χ4v) is 4.97. The normalized spacial score (nSPS) is 16.7. The summed E-state index contributed by atoms with van der Waals surface area (Å²) in [6, 6.07) is 10.3. The SMILES string of the molecule is CCN(CC)C(=O)c1ccc2c(c1)N(CC(=O)Nc1cc(OC)cc(OC)c1)C(=O)C1CCCCN21. The molecule has 1 atom stereocenters. The zero-order valence-electron chi connectivity index (χ0n) is 21.4. The van der Waals surface area contributed by atoms with Gasteiger partial charge >= 0.3 is 0 Å². The second kappa shape index (κ2) is 10.9. The number of methoxy groups -OCH3 is 2. The maximum atomic E-state index is 13.6. The van der Waals surface area contributed by atoms with E-state index in [1.165, 1.54) is 19.1 Å². The fourth-order valence-electron chi connectivity index (χ4n) is 4.97. The Kier molecular flexibility index (Phi) is 7.67. The zero-order valence-corrected chi connectivity index (χ0v) is 21.4. The third kappa shape index (κ3) is 4.96. The molecule has 2 aliphatic heterocycles. The molecule has 1 unspecified atom stereocenters. The lowest BCUT2D eigenvalue weighted by molar-refractivity contribution is -0.123. The number of rotatable bonds is 8. The first-order chi connectivity index (χ1) is 17.4. The minimum Gasteiger partial charge on any atom is -0.497 e. The first-order valence-electron chi connectivity index (χ1n) is 12.4. The van der Waals surface area contributed by atoms with Crippen molar-refractivity contribution in [2.75, 3.05) is 55.5 Å². The molecule has 2 aromatic rings. The maximum Gasteiger partial charge on any atom is 0.253 e. The topological polar surface area (TPSA) is 91.4 Å². The first kappa shape index (κ1) is 25.3. The van der Waals surface area contributed by atoms with Gasteiger partial charge in [0.15, 0.2) is 0 Å². The second-order valence-electron chi connectivity index (χ2n) is 8.96. The summed E-state index contributed by atoms with van der Waals surface area (Å²) in [5, 5.41) is 2.85. The highest BCUT2D eigenvalue weighted by molar-refractivity contribution is 6.11. The van der Waals surface area contributed by atoms with E-state index in [0.717, 1.165) is 31.5 Å². The summed E-state index contributed by atoms with van der Waals surface area (Å²) in [7, 11) is 3.08. The van der Waals surface area contributed by atoms with Crippen LogP contribution >= 0.6 is 0 Å². The van der Waals surface area contributed by atoms with Crippen molar-refractivity contribution in [2.24, 2.45) is 0 Å². The standard InChI is InChI=1S/C27H34N4O5/c1-5-29(6-2)26(33)18-10-11-22-24(13-18)31(27(34)23-9-7-8-12-30(22)23)17-25(32)28-19-14-20(35-3)16-21(15-19)36-4/h10-11,13-16,23H,5-9,12,17H2,1-4H3,(H,28,32). The van der Waals surface area contributed by atoms with E-state index in [0.29, 0.717) is 41.5 Å². The number of carbonyl (C=O) groups is 3. The van der Waals surface area contributed by atoms with Crippen LogP contribution in [0.15, 0.2) is 36.4 Å². The highest BCUT2D eigenvalue weighted by atomic mass is 16.5. The van der Waals surface area contributed by atoms with Crippen LogP contribution in [0.5, 0.6) is 11.5 Å². The number of ether oxygens (including phenoxy) is 2. The van der Waals surface area contributed by atoms with Crippen molar-refractivity contribution in [1.29, 1.82) is 0 Å². The summed E-state index contributed by atoms with van der Waals surface area (Å²) in [4.78, 5) is 45.2. The number of piperidine rings is 1. The molecule has 36 heavy (non-hydrogen) atoms. The van der Waals surface area contributed by atoms with Crippen molar-refractivity contribution >= 4 is 34.8 Å². The predicted octanol–water partition coefficient (Wildman–Crippen LogP) is 3.53. The van der Waals surface area contributed by atoms with Crippen LogP contribution in [-0.2, 0) is 9.59 Å². The van der Waals surface area contributed by atoms with E-state index in [9.17, 15) is 14.4 Å². The average Bonchev–Trinajstić information content (AvgIpc) is 2.91. The summed E-state index contributed by atoms with van der Waals surface area (Å²) in [6.07, 6.45) is 2.70.